The van der Waals surface area contributed by atoms with Crippen molar-refractivity contribution in [2.45, 2.75) is 39.4 Å². The van der Waals surface area contributed by atoms with E-state index in [0.29, 0.717) is 5.56 Å². The summed E-state index contributed by atoms with van der Waals surface area (Å²) in [6.07, 6.45) is -0.627. The molecule has 0 saturated heterocycles. The van der Waals surface area contributed by atoms with Gasteiger partial charge in [-0.15, -0.1) is 0 Å². The van der Waals surface area contributed by atoms with Gasteiger partial charge in [0.15, 0.2) is 6.61 Å². The molecule has 0 radical (unpaired) electrons. The zero-order valence-electron chi connectivity index (χ0n) is 15.9. The molecule has 2 rings (SSSR count). The number of amides is 1. The van der Waals surface area contributed by atoms with Crippen LogP contribution < -0.4 is 15.4 Å². The summed E-state index contributed by atoms with van der Waals surface area (Å²) in [6, 6.07) is 4.82. The van der Waals surface area contributed by atoms with E-state index in [2.05, 4.69) is 32.3 Å². The number of aryl methyl sites for hydroxylation is 1. The quantitative estimate of drug-likeness (QED) is 0.704. The predicted molar refractivity (Wildman–Crippen MR) is 99.4 cm³/mol. The number of hydrogen-bond donors (Lipinski definition) is 2. The minimum absolute atomic E-state index is 0.150. The largest absolute Gasteiger partial charge is 0.468 e. The predicted octanol–water partition coefficient (Wildman–Crippen LogP) is 4.04. The SMILES string of the molecule is CCCNc1cc(C(C)NC(=O)c2cnc(OCC(F)(F)F)c(C)c2)ccn1. The van der Waals surface area contributed by atoms with Crippen LogP contribution in [0.3, 0.4) is 0 Å². The lowest BCUT2D eigenvalue weighted by Crippen LogP contribution is -2.27. The van der Waals surface area contributed by atoms with Gasteiger partial charge in [0, 0.05) is 24.5 Å². The number of nitrogens with zero attached hydrogens (tertiary/aromatic N) is 2. The molecule has 9 heteroatoms. The van der Waals surface area contributed by atoms with Gasteiger partial charge in [0.1, 0.15) is 5.82 Å². The Bertz CT molecular complexity index is 812. The standard InChI is InChI=1S/C19H23F3N4O2/c1-4-6-23-16-9-14(5-7-24-16)13(3)26-17(27)15-8-12(2)18(25-10-15)28-11-19(20,21)22/h5,7-10,13H,4,6,11H2,1-3H3,(H,23,24)(H,26,27). The molecule has 0 aliphatic rings. The Kier molecular flexibility index (Phi) is 7.19. The Balaban J connectivity index is 2.03. The number of aromatic nitrogens is 2. The monoisotopic (exact) mass is 396 g/mol. The van der Waals surface area contributed by atoms with Crippen LogP contribution in [-0.2, 0) is 0 Å². The summed E-state index contributed by atoms with van der Waals surface area (Å²) >= 11 is 0. The molecule has 0 aliphatic heterocycles. The van der Waals surface area contributed by atoms with Gasteiger partial charge in [-0.2, -0.15) is 13.2 Å². The third kappa shape index (κ3) is 6.40. The van der Waals surface area contributed by atoms with Crippen molar-refractivity contribution < 1.29 is 22.7 Å². The van der Waals surface area contributed by atoms with Crippen molar-refractivity contribution in [3.8, 4) is 5.88 Å². The highest BCUT2D eigenvalue weighted by atomic mass is 19.4. The van der Waals surface area contributed by atoms with Gasteiger partial charge in [-0.05, 0) is 44.0 Å². The topological polar surface area (TPSA) is 76.1 Å². The van der Waals surface area contributed by atoms with Gasteiger partial charge in [-0.3, -0.25) is 4.79 Å². The van der Waals surface area contributed by atoms with Crippen molar-refractivity contribution in [1.82, 2.24) is 15.3 Å². The molecule has 0 fully saturated rings. The maximum absolute atomic E-state index is 12.5. The number of rotatable bonds is 8. The molecule has 1 unspecified atom stereocenters. The van der Waals surface area contributed by atoms with Crippen molar-refractivity contribution >= 4 is 11.7 Å². The van der Waals surface area contributed by atoms with Crippen LogP contribution in [0.5, 0.6) is 5.88 Å². The molecular weight excluding hydrogens is 373 g/mol. The average molecular weight is 396 g/mol. The highest BCUT2D eigenvalue weighted by Gasteiger charge is 2.29. The molecular formula is C19H23F3N4O2. The molecule has 0 spiro atoms. The van der Waals surface area contributed by atoms with Gasteiger partial charge in [0.05, 0.1) is 11.6 Å². The minimum atomic E-state index is -4.45. The summed E-state index contributed by atoms with van der Waals surface area (Å²) in [5.74, 6) is 0.192. The van der Waals surface area contributed by atoms with Gasteiger partial charge in [-0.25, -0.2) is 9.97 Å². The van der Waals surface area contributed by atoms with Crippen molar-refractivity contribution in [3.63, 3.8) is 0 Å². The molecule has 0 aliphatic carbocycles. The number of ether oxygens (including phenoxy) is 1. The molecule has 152 valence electrons. The summed E-state index contributed by atoms with van der Waals surface area (Å²) in [6.45, 7) is 4.78. The fourth-order valence-electron chi connectivity index (χ4n) is 2.42. The van der Waals surface area contributed by atoms with E-state index >= 15 is 0 Å². The summed E-state index contributed by atoms with van der Waals surface area (Å²) in [7, 11) is 0. The number of nitrogens with one attached hydrogen (secondary N) is 2. The second kappa shape index (κ2) is 9.38. The Labute approximate surface area is 161 Å². The summed E-state index contributed by atoms with van der Waals surface area (Å²) in [4.78, 5) is 20.5. The first-order valence-corrected chi connectivity index (χ1v) is 8.86. The second-order valence-corrected chi connectivity index (χ2v) is 6.35. The number of anilines is 1. The van der Waals surface area contributed by atoms with E-state index < -0.39 is 12.8 Å². The molecule has 2 heterocycles. The van der Waals surface area contributed by atoms with Crippen molar-refractivity contribution in [3.05, 3.63) is 47.3 Å². The molecule has 28 heavy (non-hydrogen) atoms. The number of pyridine rings is 2. The molecule has 2 aromatic heterocycles. The van der Waals surface area contributed by atoms with Gasteiger partial charge in [-0.1, -0.05) is 6.92 Å². The number of halogens is 3. The Hall–Kier alpha value is -2.84. The molecule has 6 nitrogen and oxygen atoms in total. The van der Waals surface area contributed by atoms with Crippen LogP contribution >= 0.6 is 0 Å². The Morgan fingerprint density at radius 1 is 1.29 bits per heavy atom. The van der Waals surface area contributed by atoms with E-state index in [9.17, 15) is 18.0 Å². The maximum atomic E-state index is 12.5. The van der Waals surface area contributed by atoms with E-state index in [-0.39, 0.29) is 23.4 Å². The molecule has 2 N–H and O–H groups in total. The van der Waals surface area contributed by atoms with Crippen LogP contribution in [-0.4, -0.2) is 35.2 Å². The van der Waals surface area contributed by atoms with Crippen LogP contribution in [0.15, 0.2) is 30.6 Å². The molecule has 0 aromatic carbocycles. The second-order valence-electron chi connectivity index (χ2n) is 6.35. The van der Waals surface area contributed by atoms with Gasteiger partial charge in [0.2, 0.25) is 5.88 Å². The Morgan fingerprint density at radius 2 is 2.04 bits per heavy atom. The lowest BCUT2D eigenvalue weighted by atomic mass is 10.1. The molecule has 1 atom stereocenters. The van der Waals surface area contributed by atoms with Gasteiger partial charge in [0.25, 0.3) is 5.91 Å². The first-order valence-electron chi connectivity index (χ1n) is 8.86. The average Bonchev–Trinajstić information content (AvgIpc) is 2.64. The zero-order valence-corrected chi connectivity index (χ0v) is 15.9. The van der Waals surface area contributed by atoms with E-state index in [0.717, 1.165) is 24.3 Å². The highest BCUT2D eigenvalue weighted by Crippen LogP contribution is 2.21. The smallest absolute Gasteiger partial charge is 0.422 e. The van der Waals surface area contributed by atoms with E-state index in [1.807, 2.05) is 13.0 Å². The van der Waals surface area contributed by atoms with Crippen LogP contribution in [0.4, 0.5) is 19.0 Å². The number of carbonyl (C=O) groups is 1. The number of alkyl halides is 3. The van der Waals surface area contributed by atoms with Crippen LogP contribution in [0.1, 0.15) is 47.8 Å². The molecule has 0 bridgehead atoms. The van der Waals surface area contributed by atoms with Crippen LogP contribution in [0.2, 0.25) is 0 Å². The van der Waals surface area contributed by atoms with E-state index in [4.69, 9.17) is 0 Å². The minimum Gasteiger partial charge on any atom is -0.468 e. The van der Waals surface area contributed by atoms with E-state index in [1.54, 1.807) is 12.3 Å². The first kappa shape index (κ1) is 21.5. The first-order chi connectivity index (χ1) is 13.2. The fraction of sp³-hybridized carbons (Fsp3) is 0.421. The van der Waals surface area contributed by atoms with Crippen LogP contribution in [0, 0.1) is 6.92 Å². The summed E-state index contributed by atoms with van der Waals surface area (Å²) in [5.41, 5.74) is 1.46. The zero-order chi connectivity index (χ0) is 20.7. The lowest BCUT2D eigenvalue weighted by Gasteiger charge is -2.16. The van der Waals surface area contributed by atoms with E-state index in [1.165, 1.54) is 19.2 Å². The summed E-state index contributed by atoms with van der Waals surface area (Å²) in [5, 5.41) is 6.03. The van der Waals surface area contributed by atoms with Gasteiger partial charge < -0.3 is 15.4 Å². The molecule has 2 aromatic rings. The lowest BCUT2D eigenvalue weighted by molar-refractivity contribution is -0.154. The third-order valence-electron chi connectivity index (χ3n) is 3.85. The van der Waals surface area contributed by atoms with Crippen LogP contribution in [0.25, 0.3) is 0 Å². The van der Waals surface area contributed by atoms with Crippen molar-refractivity contribution in [2.24, 2.45) is 0 Å². The maximum Gasteiger partial charge on any atom is 0.422 e. The summed E-state index contributed by atoms with van der Waals surface area (Å²) < 4.78 is 41.4. The van der Waals surface area contributed by atoms with Gasteiger partial charge >= 0.3 is 6.18 Å². The molecule has 0 saturated carbocycles. The highest BCUT2D eigenvalue weighted by molar-refractivity contribution is 5.94. The van der Waals surface area contributed by atoms with Crippen molar-refractivity contribution in [1.29, 1.82) is 0 Å². The fourth-order valence-corrected chi connectivity index (χ4v) is 2.42. The third-order valence-corrected chi connectivity index (χ3v) is 3.85. The normalized spacial score (nSPS) is 12.4. The van der Waals surface area contributed by atoms with Crippen molar-refractivity contribution in [2.75, 3.05) is 18.5 Å². The molecule has 1 amide bonds. The number of hydrogen-bond acceptors (Lipinski definition) is 5. The Morgan fingerprint density at radius 3 is 2.68 bits per heavy atom. The number of carbonyl (C=O) groups excluding carboxylic acids is 1.